The Morgan fingerprint density at radius 2 is 1.76 bits per heavy atom. The minimum absolute atomic E-state index is 0.301. The van der Waals surface area contributed by atoms with E-state index in [2.05, 4.69) is 84.1 Å². The Labute approximate surface area is 154 Å². The first kappa shape index (κ1) is 16.5. The maximum Gasteiger partial charge on any atom is 0.0753 e. The van der Waals surface area contributed by atoms with E-state index in [0.29, 0.717) is 6.04 Å². The smallest absolute Gasteiger partial charge is 0.0753 e. The number of hydrogen-bond acceptors (Lipinski definition) is 3. The van der Waals surface area contributed by atoms with Gasteiger partial charge >= 0.3 is 0 Å². The lowest BCUT2D eigenvalue weighted by molar-refractivity contribution is 0.259. The number of nitrogens with zero attached hydrogens (tertiary/aromatic N) is 1. The molecule has 0 saturated heterocycles. The molecule has 1 N–H and O–H groups in total. The molecule has 2 nitrogen and oxygen atoms in total. The lowest BCUT2D eigenvalue weighted by Crippen LogP contribution is -2.34. The molecule has 0 amide bonds. The maximum absolute atomic E-state index is 3.77. The van der Waals surface area contributed by atoms with Crippen LogP contribution in [0.2, 0.25) is 0 Å². The SMILES string of the molecule is CCCN1NC(c2ccccc2)C2=C1/C(=C\c1ccccc1)CSC2. The summed E-state index contributed by atoms with van der Waals surface area (Å²) in [5.74, 6) is 2.19. The average molecular weight is 349 g/mol. The van der Waals surface area contributed by atoms with Gasteiger partial charge in [-0.15, -0.1) is 0 Å². The quantitative estimate of drug-likeness (QED) is 0.833. The Morgan fingerprint density at radius 1 is 1.04 bits per heavy atom. The standard InChI is InChI=1S/C22H24N2S/c1-2-13-24-22-19(14-17-9-5-3-6-10-17)15-25-16-20(22)21(23-24)18-11-7-4-8-12-18/h3-12,14,21,23H,2,13,15-16H2,1H3/b19-14-. The van der Waals surface area contributed by atoms with Crippen molar-refractivity contribution in [3.8, 4) is 0 Å². The number of hydrazine groups is 1. The lowest BCUT2D eigenvalue weighted by Gasteiger charge is -2.26. The van der Waals surface area contributed by atoms with Crippen LogP contribution in [0, 0.1) is 0 Å². The van der Waals surface area contributed by atoms with E-state index in [9.17, 15) is 0 Å². The lowest BCUT2D eigenvalue weighted by atomic mass is 9.97. The number of allylic oxidation sites excluding steroid dienone is 1. The molecule has 0 spiro atoms. The van der Waals surface area contributed by atoms with Gasteiger partial charge in [-0.1, -0.05) is 67.6 Å². The van der Waals surface area contributed by atoms with E-state index < -0.39 is 0 Å². The van der Waals surface area contributed by atoms with Gasteiger partial charge in [0.15, 0.2) is 0 Å². The predicted molar refractivity (Wildman–Crippen MR) is 108 cm³/mol. The first-order valence-electron chi connectivity index (χ1n) is 9.02. The summed E-state index contributed by atoms with van der Waals surface area (Å²) >= 11 is 2.02. The van der Waals surface area contributed by atoms with Crippen molar-refractivity contribution in [2.24, 2.45) is 0 Å². The predicted octanol–water partition coefficient (Wildman–Crippen LogP) is 5.04. The Balaban J connectivity index is 1.76. The molecule has 0 aromatic heterocycles. The Bertz CT molecular complexity index is 780. The van der Waals surface area contributed by atoms with Crippen molar-refractivity contribution in [3.63, 3.8) is 0 Å². The second kappa shape index (κ2) is 7.51. The molecular weight excluding hydrogens is 324 g/mol. The third-order valence-corrected chi connectivity index (χ3v) is 5.78. The molecule has 4 rings (SSSR count). The molecule has 0 aliphatic carbocycles. The van der Waals surface area contributed by atoms with Crippen LogP contribution < -0.4 is 5.43 Å². The van der Waals surface area contributed by atoms with Crippen LogP contribution >= 0.6 is 11.8 Å². The van der Waals surface area contributed by atoms with E-state index >= 15 is 0 Å². The van der Waals surface area contributed by atoms with Crippen LogP contribution in [-0.2, 0) is 0 Å². The molecule has 2 heterocycles. The highest BCUT2D eigenvalue weighted by Crippen LogP contribution is 2.42. The summed E-state index contributed by atoms with van der Waals surface area (Å²) in [5.41, 5.74) is 10.8. The van der Waals surface area contributed by atoms with Crippen molar-refractivity contribution in [2.75, 3.05) is 18.1 Å². The summed E-state index contributed by atoms with van der Waals surface area (Å²) in [4.78, 5) is 0. The van der Waals surface area contributed by atoms with E-state index in [1.165, 1.54) is 28.0 Å². The largest absolute Gasteiger partial charge is 0.307 e. The second-order valence-corrected chi connectivity index (χ2v) is 7.56. The van der Waals surface area contributed by atoms with Gasteiger partial charge in [0, 0.05) is 18.1 Å². The molecule has 128 valence electrons. The fraction of sp³-hybridized carbons (Fsp3) is 0.273. The molecule has 0 fully saturated rings. The summed E-state index contributed by atoms with van der Waals surface area (Å²) in [6.07, 6.45) is 3.50. The summed E-state index contributed by atoms with van der Waals surface area (Å²) < 4.78 is 0. The molecule has 2 aromatic rings. The first-order valence-corrected chi connectivity index (χ1v) is 10.2. The fourth-order valence-electron chi connectivity index (χ4n) is 3.66. The van der Waals surface area contributed by atoms with Gasteiger partial charge in [0.25, 0.3) is 0 Å². The van der Waals surface area contributed by atoms with Gasteiger partial charge in [0.05, 0.1) is 11.7 Å². The number of thioether (sulfide) groups is 1. The molecule has 0 radical (unpaired) electrons. The van der Waals surface area contributed by atoms with Crippen molar-refractivity contribution in [2.45, 2.75) is 19.4 Å². The summed E-state index contributed by atoms with van der Waals surface area (Å²) in [7, 11) is 0. The molecule has 2 aliphatic heterocycles. The molecule has 2 aliphatic rings. The highest BCUT2D eigenvalue weighted by Gasteiger charge is 2.35. The number of rotatable bonds is 4. The second-order valence-electron chi connectivity index (χ2n) is 6.57. The summed E-state index contributed by atoms with van der Waals surface area (Å²) in [6, 6.07) is 21.8. The number of benzene rings is 2. The Hall–Kier alpha value is -1.97. The van der Waals surface area contributed by atoms with Gasteiger partial charge in [0.2, 0.25) is 0 Å². The van der Waals surface area contributed by atoms with Crippen molar-refractivity contribution in [1.82, 2.24) is 10.4 Å². The zero-order chi connectivity index (χ0) is 17.1. The molecule has 0 bridgehead atoms. The van der Waals surface area contributed by atoms with Crippen molar-refractivity contribution < 1.29 is 0 Å². The highest BCUT2D eigenvalue weighted by molar-refractivity contribution is 7.99. The van der Waals surface area contributed by atoms with E-state index in [4.69, 9.17) is 0 Å². The molecule has 2 aromatic carbocycles. The fourth-order valence-corrected chi connectivity index (χ4v) is 4.73. The van der Waals surface area contributed by atoms with Crippen molar-refractivity contribution in [3.05, 3.63) is 88.6 Å². The topological polar surface area (TPSA) is 15.3 Å². The van der Waals surface area contributed by atoms with Crippen molar-refractivity contribution in [1.29, 1.82) is 0 Å². The van der Waals surface area contributed by atoms with Crippen LogP contribution in [0.3, 0.4) is 0 Å². The third kappa shape index (κ3) is 3.39. The molecule has 0 saturated carbocycles. The highest BCUT2D eigenvalue weighted by atomic mass is 32.2. The number of hydrogen-bond donors (Lipinski definition) is 1. The van der Waals surface area contributed by atoms with Gasteiger partial charge in [-0.2, -0.15) is 11.8 Å². The van der Waals surface area contributed by atoms with Crippen LogP contribution in [-0.4, -0.2) is 23.1 Å². The van der Waals surface area contributed by atoms with Gasteiger partial charge in [-0.3, -0.25) is 0 Å². The summed E-state index contributed by atoms with van der Waals surface area (Å²) in [5, 5.41) is 2.39. The molecule has 1 unspecified atom stereocenters. The Morgan fingerprint density at radius 3 is 2.48 bits per heavy atom. The molecule has 1 atom stereocenters. The average Bonchev–Trinajstić information content (AvgIpc) is 3.03. The zero-order valence-corrected chi connectivity index (χ0v) is 15.4. The van der Waals surface area contributed by atoms with Gasteiger partial charge in [0.1, 0.15) is 0 Å². The summed E-state index contributed by atoms with van der Waals surface area (Å²) in [6.45, 7) is 3.29. The van der Waals surface area contributed by atoms with E-state index in [-0.39, 0.29) is 0 Å². The van der Waals surface area contributed by atoms with Crippen LogP contribution in [0.25, 0.3) is 6.08 Å². The maximum atomic E-state index is 3.77. The Kier molecular flexibility index (Phi) is 4.95. The van der Waals surface area contributed by atoms with Crippen LogP contribution in [0.15, 0.2) is 77.5 Å². The molecular formula is C22H24N2S. The monoisotopic (exact) mass is 348 g/mol. The van der Waals surface area contributed by atoms with E-state index in [1.807, 2.05) is 11.8 Å². The van der Waals surface area contributed by atoms with Crippen LogP contribution in [0.1, 0.15) is 30.5 Å². The van der Waals surface area contributed by atoms with Crippen molar-refractivity contribution >= 4 is 17.8 Å². The zero-order valence-electron chi connectivity index (χ0n) is 14.6. The molecule has 25 heavy (non-hydrogen) atoms. The van der Waals surface area contributed by atoms with E-state index in [1.54, 1.807) is 0 Å². The number of nitrogens with one attached hydrogen (secondary N) is 1. The van der Waals surface area contributed by atoms with Gasteiger partial charge < -0.3 is 5.01 Å². The minimum Gasteiger partial charge on any atom is -0.307 e. The van der Waals surface area contributed by atoms with Gasteiger partial charge in [-0.05, 0) is 34.8 Å². The normalized spacial score (nSPS) is 21.7. The van der Waals surface area contributed by atoms with Crippen LogP contribution in [0.5, 0.6) is 0 Å². The van der Waals surface area contributed by atoms with Crippen LogP contribution in [0.4, 0.5) is 0 Å². The molecule has 3 heteroatoms. The first-order chi connectivity index (χ1) is 12.4. The van der Waals surface area contributed by atoms with Gasteiger partial charge in [-0.25, -0.2) is 5.43 Å². The van der Waals surface area contributed by atoms with E-state index in [0.717, 1.165) is 24.5 Å². The third-order valence-electron chi connectivity index (χ3n) is 4.75. The minimum atomic E-state index is 0.301.